The van der Waals surface area contributed by atoms with Gasteiger partial charge in [0, 0.05) is 19.0 Å². The van der Waals surface area contributed by atoms with E-state index in [9.17, 15) is 4.79 Å². The van der Waals surface area contributed by atoms with Gasteiger partial charge >= 0.3 is 6.09 Å². The minimum absolute atomic E-state index is 0.428. The molecule has 30 heavy (non-hydrogen) atoms. The Morgan fingerprint density at radius 3 is 2.43 bits per heavy atom. The van der Waals surface area contributed by atoms with Crippen LogP contribution < -0.4 is 10.2 Å². The van der Waals surface area contributed by atoms with Crippen LogP contribution >= 0.6 is 0 Å². The molecular formula is C24H38N4O2. The first-order chi connectivity index (χ1) is 14.3. The normalized spacial score (nSPS) is 15.4. The van der Waals surface area contributed by atoms with Gasteiger partial charge in [-0.15, -0.1) is 0 Å². The number of nitrogens with zero attached hydrogens (tertiary/aromatic N) is 2. The Labute approximate surface area is 180 Å². The van der Waals surface area contributed by atoms with Crippen molar-refractivity contribution in [1.82, 2.24) is 9.97 Å². The fourth-order valence-corrected chi connectivity index (χ4v) is 4.30. The monoisotopic (exact) mass is 414 g/mol. The molecule has 0 aliphatic heterocycles. The molecule has 1 saturated carbocycles. The minimum Gasteiger partial charge on any atom is -0.444 e. The van der Waals surface area contributed by atoms with Crippen LogP contribution in [-0.2, 0) is 4.74 Å². The number of hydrogen-bond acceptors (Lipinski definition) is 4. The predicted octanol–water partition coefficient (Wildman–Crippen LogP) is 6.58. The third kappa shape index (κ3) is 5.67. The van der Waals surface area contributed by atoms with E-state index in [4.69, 9.17) is 9.72 Å². The van der Waals surface area contributed by atoms with E-state index in [1.165, 1.54) is 32.1 Å². The number of aromatic amines is 1. The third-order valence-corrected chi connectivity index (χ3v) is 5.57. The number of hydrogen-bond donors (Lipinski definition) is 2. The van der Waals surface area contributed by atoms with Crippen molar-refractivity contribution in [2.75, 3.05) is 23.3 Å². The van der Waals surface area contributed by atoms with E-state index in [-0.39, 0.29) is 0 Å². The molecule has 2 N–H and O–H groups in total. The van der Waals surface area contributed by atoms with E-state index in [0.29, 0.717) is 5.92 Å². The highest BCUT2D eigenvalue weighted by molar-refractivity contribution is 5.95. The van der Waals surface area contributed by atoms with Gasteiger partial charge in [0.1, 0.15) is 11.4 Å². The topological polar surface area (TPSA) is 70.2 Å². The van der Waals surface area contributed by atoms with Crippen LogP contribution in [0.4, 0.5) is 16.2 Å². The summed E-state index contributed by atoms with van der Waals surface area (Å²) in [5, 5.41) is 2.99. The maximum Gasteiger partial charge on any atom is 0.412 e. The van der Waals surface area contributed by atoms with Gasteiger partial charge in [0.2, 0.25) is 0 Å². The summed E-state index contributed by atoms with van der Waals surface area (Å²) in [7, 11) is 0. The summed E-state index contributed by atoms with van der Waals surface area (Å²) in [6.07, 6.45) is 7.94. The van der Waals surface area contributed by atoms with Gasteiger partial charge in [-0.05, 0) is 58.6 Å². The molecule has 1 heterocycles. The molecule has 0 bridgehead atoms. The zero-order valence-electron chi connectivity index (χ0n) is 19.3. The molecule has 6 nitrogen and oxygen atoms in total. The lowest BCUT2D eigenvalue weighted by Gasteiger charge is -2.27. The number of benzene rings is 1. The molecule has 6 heteroatoms. The van der Waals surface area contributed by atoms with Crippen LogP contribution in [0.5, 0.6) is 0 Å². The predicted molar refractivity (Wildman–Crippen MR) is 125 cm³/mol. The van der Waals surface area contributed by atoms with Crippen LogP contribution in [0.1, 0.15) is 91.3 Å². The van der Waals surface area contributed by atoms with Crippen LogP contribution in [0.25, 0.3) is 11.0 Å². The Morgan fingerprint density at radius 1 is 1.17 bits per heavy atom. The zero-order chi connectivity index (χ0) is 21.7. The van der Waals surface area contributed by atoms with Crippen molar-refractivity contribution >= 4 is 28.5 Å². The number of ether oxygens (including phenoxy) is 1. The third-order valence-electron chi connectivity index (χ3n) is 5.57. The molecule has 1 aromatic heterocycles. The number of carbonyl (C=O) groups is 1. The number of carbonyl (C=O) groups excluding carboxylic acids is 1. The van der Waals surface area contributed by atoms with Crippen LogP contribution in [0, 0.1) is 0 Å². The Kier molecular flexibility index (Phi) is 7.27. The van der Waals surface area contributed by atoms with Crippen molar-refractivity contribution < 1.29 is 9.53 Å². The Morgan fingerprint density at radius 2 is 1.83 bits per heavy atom. The summed E-state index contributed by atoms with van der Waals surface area (Å²) in [6, 6.07) is 4.14. The number of aromatic nitrogens is 2. The molecule has 3 rings (SSSR count). The van der Waals surface area contributed by atoms with E-state index >= 15 is 0 Å². The molecule has 166 valence electrons. The van der Waals surface area contributed by atoms with Crippen LogP contribution in [-0.4, -0.2) is 34.8 Å². The first-order valence-electron chi connectivity index (χ1n) is 11.6. The molecular weight excluding hydrogens is 376 g/mol. The highest BCUT2D eigenvalue weighted by atomic mass is 16.6. The minimum atomic E-state index is -0.539. The lowest BCUT2D eigenvalue weighted by molar-refractivity contribution is 0.0636. The largest absolute Gasteiger partial charge is 0.444 e. The molecule has 1 fully saturated rings. The van der Waals surface area contributed by atoms with E-state index in [2.05, 4.69) is 35.1 Å². The van der Waals surface area contributed by atoms with Gasteiger partial charge in [0.05, 0.1) is 22.4 Å². The van der Waals surface area contributed by atoms with Crippen LogP contribution in [0.15, 0.2) is 12.1 Å². The van der Waals surface area contributed by atoms with Gasteiger partial charge in [0.15, 0.2) is 0 Å². The van der Waals surface area contributed by atoms with Gasteiger partial charge in [-0.1, -0.05) is 33.1 Å². The van der Waals surface area contributed by atoms with E-state index < -0.39 is 11.7 Å². The van der Waals surface area contributed by atoms with E-state index in [0.717, 1.165) is 54.2 Å². The molecule has 0 radical (unpaired) electrons. The first-order valence-corrected chi connectivity index (χ1v) is 11.6. The number of imidazole rings is 1. The molecule has 0 saturated heterocycles. The van der Waals surface area contributed by atoms with Crippen LogP contribution in [0.3, 0.4) is 0 Å². The molecule has 1 aromatic carbocycles. The smallest absolute Gasteiger partial charge is 0.412 e. The van der Waals surface area contributed by atoms with Crippen molar-refractivity contribution in [1.29, 1.82) is 0 Å². The van der Waals surface area contributed by atoms with Gasteiger partial charge < -0.3 is 14.6 Å². The summed E-state index contributed by atoms with van der Waals surface area (Å²) < 4.78 is 5.51. The summed E-state index contributed by atoms with van der Waals surface area (Å²) >= 11 is 0. The molecule has 0 atom stereocenters. The van der Waals surface area contributed by atoms with E-state index in [1.807, 2.05) is 26.8 Å². The standard InChI is InChI=1S/C24H38N4O2/c1-6-13-28(14-7-2)21-16-19-18(15-20(21)27-23(29)30-24(3,4)5)25-22(26-19)17-11-9-8-10-12-17/h15-17H,6-14H2,1-5H3,(H,25,26)(H,27,29). The molecule has 0 spiro atoms. The summed E-state index contributed by atoms with van der Waals surface area (Å²) in [5.74, 6) is 1.60. The number of H-pyrrole nitrogens is 1. The molecule has 1 amide bonds. The Balaban J connectivity index is 1.98. The van der Waals surface area contributed by atoms with Crippen molar-refractivity contribution in [2.45, 2.75) is 91.1 Å². The summed E-state index contributed by atoms with van der Waals surface area (Å²) in [4.78, 5) is 23.4. The van der Waals surface area contributed by atoms with Crippen molar-refractivity contribution in [3.63, 3.8) is 0 Å². The van der Waals surface area contributed by atoms with Gasteiger partial charge in [-0.25, -0.2) is 9.78 Å². The highest BCUT2D eigenvalue weighted by Gasteiger charge is 2.22. The number of fused-ring (bicyclic) bond motifs is 1. The lowest BCUT2D eigenvalue weighted by atomic mass is 9.89. The first kappa shape index (κ1) is 22.4. The number of nitrogens with one attached hydrogen (secondary N) is 2. The second-order valence-electron chi connectivity index (χ2n) is 9.46. The number of rotatable bonds is 7. The summed E-state index contributed by atoms with van der Waals surface area (Å²) in [6.45, 7) is 11.9. The summed E-state index contributed by atoms with van der Waals surface area (Å²) in [5.41, 5.74) is 3.19. The maximum absolute atomic E-state index is 12.5. The van der Waals surface area contributed by atoms with Crippen molar-refractivity contribution in [3.8, 4) is 0 Å². The molecule has 0 unspecified atom stereocenters. The van der Waals surface area contributed by atoms with Gasteiger partial charge in [-0.3, -0.25) is 5.32 Å². The van der Waals surface area contributed by atoms with Gasteiger partial charge in [-0.2, -0.15) is 0 Å². The molecule has 2 aromatic rings. The quantitative estimate of drug-likeness (QED) is 0.536. The second kappa shape index (κ2) is 9.71. The number of anilines is 2. The number of amides is 1. The fourth-order valence-electron chi connectivity index (χ4n) is 4.30. The molecule has 1 aliphatic rings. The second-order valence-corrected chi connectivity index (χ2v) is 9.46. The molecule has 1 aliphatic carbocycles. The SMILES string of the molecule is CCCN(CCC)c1cc2nc(C3CCCCC3)[nH]c2cc1NC(=O)OC(C)(C)C. The lowest BCUT2D eigenvalue weighted by Crippen LogP contribution is -2.29. The fraction of sp³-hybridized carbons (Fsp3) is 0.667. The van der Waals surface area contributed by atoms with Crippen LogP contribution in [0.2, 0.25) is 0 Å². The average Bonchev–Trinajstić information content (AvgIpc) is 3.09. The van der Waals surface area contributed by atoms with Crippen molar-refractivity contribution in [2.24, 2.45) is 0 Å². The van der Waals surface area contributed by atoms with Crippen molar-refractivity contribution in [3.05, 3.63) is 18.0 Å². The Hall–Kier alpha value is -2.24. The van der Waals surface area contributed by atoms with E-state index in [1.54, 1.807) is 0 Å². The maximum atomic E-state index is 12.5. The highest BCUT2D eigenvalue weighted by Crippen LogP contribution is 2.35. The van der Waals surface area contributed by atoms with Gasteiger partial charge in [0.25, 0.3) is 0 Å². The Bertz CT molecular complexity index is 841. The average molecular weight is 415 g/mol. The zero-order valence-corrected chi connectivity index (χ0v) is 19.3.